The Bertz CT molecular complexity index is 695. The number of benzene rings is 2. The SMILES string of the molecule is O=CCCc1ccc(NCCCCCCCCCCCCCCCCc2ccccc2)cc1. The summed E-state index contributed by atoms with van der Waals surface area (Å²) in [4.78, 5) is 10.4. The molecular formula is C31H47NO. The first-order valence-electron chi connectivity index (χ1n) is 13.7. The van der Waals surface area contributed by atoms with Crippen molar-refractivity contribution < 1.29 is 4.79 Å². The molecule has 0 aromatic heterocycles. The molecule has 0 fully saturated rings. The highest BCUT2D eigenvalue weighted by atomic mass is 16.1. The van der Waals surface area contributed by atoms with E-state index in [1.54, 1.807) is 0 Å². The van der Waals surface area contributed by atoms with Crippen molar-refractivity contribution in [3.8, 4) is 0 Å². The van der Waals surface area contributed by atoms with E-state index in [2.05, 4.69) is 59.9 Å². The summed E-state index contributed by atoms with van der Waals surface area (Å²) >= 11 is 0. The monoisotopic (exact) mass is 449 g/mol. The van der Waals surface area contributed by atoms with Crippen LogP contribution in [0.2, 0.25) is 0 Å². The topological polar surface area (TPSA) is 29.1 Å². The third-order valence-corrected chi connectivity index (χ3v) is 6.57. The molecule has 0 atom stereocenters. The number of aryl methyl sites for hydroxylation is 2. The summed E-state index contributed by atoms with van der Waals surface area (Å²) in [7, 11) is 0. The highest BCUT2D eigenvalue weighted by Gasteiger charge is 1.97. The average molecular weight is 450 g/mol. The fraction of sp³-hybridized carbons (Fsp3) is 0.581. The Balaban J connectivity index is 1.27. The highest BCUT2D eigenvalue weighted by Crippen LogP contribution is 2.15. The van der Waals surface area contributed by atoms with Crippen molar-refractivity contribution in [1.29, 1.82) is 0 Å². The average Bonchev–Trinajstić information content (AvgIpc) is 2.86. The van der Waals surface area contributed by atoms with E-state index in [1.807, 2.05) is 0 Å². The van der Waals surface area contributed by atoms with Gasteiger partial charge in [0, 0.05) is 18.7 Å². The van der Waals surface area contributed by atoms with Crippen molar-refractivity contribution in [3.63, 3.8) is 0 Å². The summed E-state index contributed by atoms with van der Waals surface area (Å²) in [6, 6.07) is 19.4. The third kappa shape index (κ3) is 14.6. The van der Waals surface area contributed by atoms with Crippen molar-refractivity contribution in [2.24, 2.45) is 0 Å². The quantitative estimate of drug-likeness (QED) is 0.152. The Hall–Kier alpha value is -2.09. The second kappa shape index (κ2) is 19.4. The lowest BCUT2D eigenvalue weighted by molar-refractivity contribution is -0.107. The summed E-state index contributed by atoms with van der Waals surface area (Å²) in [5.41, 5.74) is 3.92. The van der Waals surface area contributed by atoms with Crippen molar-refractivity contribution in [3.05, 3.63) is 65.7 Å². The molecule has 0 radical (unpaired) electrons. The van der Waals surface area contributed by atoms with Crippen molar-refractivity contribution >= 4 is 12.0 Å². The zero-order valence-corrected chi connectivity index (χ0v) is 20.9. The van der Waals surface area contributed by atoms with Crippen LogP contribution >= 0.6 is 0 Å². The van der Waals surface area contributed by atoms with E-state index in [-0.39, 0.29) is 0 Å². The molecule has 2 aromatic carbocycles. The number of hydrogen-bond donors (Lipinski definition) is 1. The minimum absolute atomic E-state index is 0.614. The number of unbranched alkanes of at least 4 members (excludes halogenated alkanes) is 13. The van der Waals surface area contributed by atoms with Crippen molar-refractivity contribution in [1.82, 2.24) is 0 Å². The molecule has 2 heteroatoms. The first kappa shape index (κ1) is 27.2. The van der Waals surface area contributed by atoms with E-state index in [4.69, 9.17) is 0 Å². The van der Waals surface area contributed by atoms with Crippen LogP contribution in [-0.2, 0) is 17.6 Å². The van der Waals surface area contributed by atoms with E-state index in [1.165, 1.54) is 113 Å². The first-order chi connectivity index (χ1) is 16.4. The minimum Gasteiger partial charge on any atom is -0.385 e. The molecular weight excluding hydrogens is 402 g/mol. The van der Waals surface area contributed by atoms with Gasteiger partial charge in [0.05, 0.1) is 0 Å². The van der Waals surface area contributed by atoms with Gasteiger partial charge in [-0.25, -0.2) is 0 Å². The molecule has 182 valence electrons. The van der Waals surface area contributed by atoms with Gasteiger partial charge in [0.2, 0.25) is 0 Å². The Labute approximate surface area is 203 Å². The normalized spacial score (nSPS) is 10.9. The van der Waals surface area contributed by atoms with Crippen LogP contribution in [0.15, 0.2) is 54.6 Å². The summed E-state index contributed by atoms with van der Waals surface area (Å²) in [6.07, 6.45) is 23.2. The maximum Gasteiger partial charge on any atom is 0.120 e. The Morgan fingerprint density at radius 3 is 1.55 bits per heavy atom. The van der Waals surface area contributed by atoms with Gasteiger partial charge in [0.15, 0.2) is 0 Å². The molecule has 0 bridgehead atoms. The molecule has 2 aromatic rings. The molecule has 2 nitrogen and oxygen atoms in total. The summed E-state index contributed by atoms with van der Waals surface area (Å²) in [5, 5.41) is 3.51. The van der Waals surface area contributed by atoms with Crippen LogP contribution in [0.25, 0.3) is 0 Å². The molecule has 33 heavy (non-hydrogen) atoms. The molecule has 0 spiro atoms. The van der Waals surface area contributed by atoms with E-state index < -0.39 is 0 Å². The Morgan fingerprint density at radius 2 is 1.00 bits per heavy atom. The molecule has 0 unspecified atom stereocenters. The van der Waals surface area contributed by atoms with Crippen LogP contribution in [0.4, 0.5) is 5.69 Å². The van der Waals surface area contributed by atoms with Gasteiger partial charge in [-0.15, -0.1) is 0 Å². The molecule has 0 amide bonds. The second-order valence-corrected chi connectivity index (χ2v) is 9.51. The standard InChI is InChI=1S/C31H47NO/c33-28-18-22-30-23-25-31(26-24-30)32-27-17-12-10-8-6-4-2-1-3-5-7-9-11-14-19-29-20-15-13-16-21-29/h13,15-16,20-21,23-26,28,32H,1-12,14,17-19,22,27H2. The third-order valence-electron chi connectivity index (χ3n) is 6.57. The molecule has 2 rings (SSSR count). The largest absolute Gasteiger partial charge is 0.385 e. The lowest BCUT2D eigenvalue weighted by Gasteiger charge is -2.07. The molecule has 0 aliphatic rings. The molecule has 0 saturated heterocycles. The van der Waals surface area contributed by atoms with Gasteiger partial charge in [0.1, 0.15) is 6.29 Å². The van der Waals surface area contributed by atoms with E-state index in [0.717, 1.165) is 19.3 Å². The molecule has 0 heterocycles. The maximum absolute atomic E-state index is 10.4. The van der Waals surface area contributed by atoms with Crippen LogP contribution in [0.5, 0.6) is 0 Å². The predicted molar refractivity (Wildman–Crippen MR) is 144 cm³/mol. The van der Waals surface area contributed by atoms with Gasteiger partial charge in [-0.2, -0.15) is 0 Å². The van der Waals surface area contributed by atoms with Gasteiger partial charge >= 0.3 is 0 Å². The van der Waals surface area contributed by atoms with Crippen molar-refractivity contribution in [2.45, 2.75) is 109 Å². The maximum atomic E-state index is 10.4. The van der Waals surface area contributed by atoms with Gasteiger partial charge < -0.3 is 10.1 Å². The fourth-order valence-corrected chi connectivity index (χ4v) is 4.47. The number of nitrogens with one attached hydrogen (secondary N) is 1. The Kier molecular flexibility index (Phi) is 16.0. The van der Waals surface area contributed by atoms with Crippen LogP contribution in [-0.4, -0.2) is 12.8 Å². The number of carbonyl (C=O) groups is 1. The fourth-order valence-electron chi connectivity index (χ4n) is 4.47. The number of rotatable bonds is 21. The number of anilines is 1. The zero-order chi connectivity index (χ0) is 23.2. The molecule has 0 aliphatic heterocycles. The van der Waals surface area contributed by atoms with E-state index >= 15 is 0 Å². The lowest BCUT2D eigenvalue weighted by Crippen LogP contribution is -2.01. The smallest absolute Gasteiger partial charge is 0.120 e. The zero-order valence-electron chi connectivity index (χ0n) is 20.9. The molecule has 0 saturated carbocycles. The van der Waals surface area contributed by atoms with E-state index in [9.17, 15) is 4.79 Å². The highest BCUT2D eigenvalue weighted by molar-refractivity contribution is 5.51. The summed E-state index contributed by atoms with van der Waals surface area (Å²) < 4.78 is 0. The van der Waals surface area contributed by atoms with E-state index in [0.29, 0.717) is 6.42 Å². The van der Waals surface area contributed by atoms with Gasteiger partial charge in [0.25, 0.3) is 0 Å². The van der Waals surface area contributed by atoms with Crippen LogP contribution < -0.4 is 5.32 Å². The van der Waals surface area contributed by atoms with Gasteiger partial charge in [-0.1, -0.05) is 120 Å². The minimum atomic E-state index is 0.614. The van der Waals surface area contributed by atoms with Crippen LogP contribution in [0.1, 0.15) is 107 Å². The van der Waals surface area contributed by atoms with Crippen LogP contribution in [0.3, 0.4) is 0 Å². The number of hydrogen-bond acceptors (Lipinski definition) is 2. The van der Waals surface area contributed by atoms with Gasteiger partial charge in [-0.3, -0.25) is 0 Å². The van der Waals surface area contributed by atoms with Crippen LogP contribution in [0, 0.1) is 0 Å². The number of aldehydes is 1. The first-order valence-corrected chi connectivity index (χ1v) is 13.7. The molecule has 0 aliphatic carbocycles. The summed E-state index contributed by atoms with van der Waals surface area (Å²) in [6.45, 7) is 1.06. The van der Waals surface area contributed by atoms with Crippen molar-refractivity contribution in [2.75, 3.05) is 11.9 Å². The predicted octanol–water partition coefficient (Wildman–Crippen LogP) is 8.93. The molecule has 1 N–H and O–H groups in total. The van der Waals surface area contributed by atoms with Gasteiger partial charge in [-0.05, 0) is 48.9 Å². The lowest BCUT2D eigenvalue weighted by atomic mass is 10.0. The summed E-state index contributed by atoms with van der Waals surface area (Å²) in [5.74, 6) is 0. The number of carbonyl (C=O) groups excluding carboxylic acids is 1. The Morgan fingerprint density at radius 1 is 0.515 bits per heavy atom. The second-order valence-electron chi connectivity index (χ2n) is 9.51.